The predicted molar refractivity (Wildman–Crippen MR) is 129 cm³/mol. The second-order valence-electron chi connectivity index (χ2n) is 9.01. The molecule has 0 spiro atoms. The van der Waals surface area contributed by atoms with Crippen LogP contribution in [-0.4, -0.2) is 48.0 Å². The fourth-order valence-corrected chi connectivity index (χ4v) is 4.16. The van der Waals surface area contributed by atoms with Gasteiger partial charge in [-0.25, -0.2) is 0 Å². The zero-order valence-corrected chi connectivity index (χ0v) is 20.0. The second kappa shape index (κ2) is 25.9. The zero-order valence-electron chi connectivity index (χ0n) is 20.0. The lowest BCUT2D eigenvalue weighted by Gasteiger charge is -2.21. The van der Waals surface area contributed by atoms with Crippen LogP contribution in [0, 0.1) is 0 Å². The normalized spacial score (nSPS) is 11.6. The summed E-state index contributed by atoms with van der Waals surface area (Å²) in [5.74, 6) is 0. The van der Waals surface area contributed by atoms with Gasteiger partial charge in [0, 0.05) is 26.3 Å². The highest BCUT2D eigenvalue weighted by Crippen LogP contribution is 2.14. The van der Waals surface area contributed by atoms with Crippen LogP contribution in [0.2, 0.25) is 0 Å². The summed E-state index contributed by atoms with van der Waals surface area (Å²) >= 11 is 0. The molecule has 29 heavy (non-hydrogen) atoms. The topological polar surface area (TPSA) is 43.7 Å². The quantitative estimate of drug-likeness (QED) is 0.157. The van der Waals surface area contributed by atoms with Gasteiger partial charge in [0.25, 0.3) is 0 Å². The molecule has 0 atom stereocenters. The summed E-state index contributed by atoms with van der Waals surface area (Å²) in [6.45, 7) is 5.90. The van der Waals surface area contributed by atoms with Gasteiger partial charge in [-0.1, -0.05) is 116 Å². The van der Waals surface area contributed by atoms with Gasteiger partial charge in [0.1, 0.15) is 0 Å². The number of nitrogens with zero attached hydrogens (tertiary/aromatic N) is 1. The first-order valence-electron chi connectivity index (χ1n) is 13.3. The third-order valence-corrected chi connectivity index (χ3v) is 6.09. The van der Waals surface area contributed by atoms with E-state index < -0.39 is 0 Å². The number of aliphatic hydroxyl groups is 2. The molecule has 2 N–H and O–H groups in total. The first-order chi connectivity index (χ1) is 14.3. The maximum absolute atomic E-state index is 8.99. The summed E-state index contributed by atoms with van der Waals surface area (Å²) < 4.78 is 0. The van der Waals surface area contributed by atoms with E-state index in [1.54, 1.807) is 0 Å². The molecule has 0 amide bonds. The van der Waals surface area contributed by atoms with Crippen LogP contribution >= 0.6 is 0 Å². The summed E-state index contributed by atoms with van der Waals surface area (Å²) in [4.78, 5) is 2.40. The molecule has 0 aromatic carbocycles. The van der Waals surface area contributed by atoms with Gasteiger partial charge in [-0.2, -0.15) is 0 Å². The van der Waals surface area contributed by atoms with Gasteiger partial charge in [0.05, 0.1) is 0 Å². The molecular weight excluding hydrogens is 358 g/mol. The monoisotopic (exact) mass is 413 g/mol. The Morgan fingerprint density at radius 3 is 0.966 bits per heavy atom. The lowest BCUT2D eigenvalue weighted by Crippen LogP contribution is -2.28. The van der Waals surface area contributed by atoms with Crippen molar-refractivity contribution in [3.8, 4) is 0 Å². The van der Waals surface area contributed by atoms with Crippen molar-refractivity contribution >= 4 is 0 Å². The lowest BCUT2D eigenvalue weighted by atomic mass is 10.0. The molecule has 0 radical (unpaired) electrons. The van der Waals surface area contributed by atoms with Crippen LogP contribution < -0.4 is 0 Å². The first kappa shape index (κ1) is 28.9. The van der Waals surface area contributed by atoms with E-state index in [1.165, 1.54) is 116 Å². The molecule has 0 aromatic rings. The fourth-order valence-electron chi connectivity index (χ4n) is 4.16. The van der Waals surface area contributed by atoms with Crippen molar-refractivity contribution in [1.29, 1.82) is 0 Å². The summed E-state index contributed by atoms with van der Waals surface area (Å²) in [6.07, 6.45) is 27.2. The highest BCUT2D eigenvalue weighted by molar-refractivity contribution is 4.59. The summed E-state index contributed by atoms with van der Waals surface area (Å²) in [5.41, 5.74) is 0. The standard InChI is InChI=1S/C26H55NO2/c1-2-3-4-5-6-7-8-9-10-11-12-13-14-15-16-17-18-19-22-27(23-20-25-28)24-21-26-29/h28-29H,2-26H2,1H3. The van der Waals surface area contributed by atoms with Crippen molar-refractivity contribution in [1.82, 2.24) is 4.90 Å². The highest BCUT2D eigenvalue weighted by Gasteiger charge is 2.03. The Labute approximate surface area is 183 Å². The lowest BCUT2D eigenvalue weighted by molar-refractivity contribution is 0.199. The molecule has 0 unspecified atom stereocenters. The minimum atomic E-state index is 0.273. The summed E-state index contributed by atoms with van der Waals surface area (Å²) in [5, 5.41) is 18.0. The maximum Gasteiger partial charge on any atom is 0.0443 e. The molecular formula is C26H55NO2. The molecule has 0 aliphatic carbocycles. The average molecular weight is 414 g/mol. The second-order valence-corrected chi connectivity index (χ2v) is 9.01. The average Bonchev–Trinajstić information content (AvgIpc) is 2.74. The predicted octanol–water partition coefficient (Wildman–Crippen LogP) is 7.09. The molecule has 176 valence electrons. The number of hydrogen-bond acceptors (Lipinski definition) is 3. The SMILES string of the molecule is CCCCCCCCCCCCCCCCCCCCN(CCCO)CCCO. The van der Waals surface area contributed by atoms with Crippen LogP contribution in [-0.2, 0) is 0 Å². The number of rotatable bonds is 25. The van der Waals surface area contributed by atoms with Gasteiger partial charge >= 0.3 is 0 Å². The molecule has 0 heterocycles. The van der Waals surface area contributed by atoms with E-state index in [-0.39, 0.29) is 13.2 Å². The fraction of sp³-hybridized carbons (Fsp3) is 1.00. The van der Waals surface area contributed by atoms with Crippen molar-refractivity contribution in [2.24, 2.45) is 0 Å². The molecule has 0 aromatic heterocycles. The van der Waals surface area contributed by atoms with Crippen molar-refractivity contribution < 1.29 is 10.2 Å². The van der Waals surface area contributed by atoms with Crippen LogP contribution in [0.5, 0.6) is 0 Å². The van der Waals surface area contributed by atoms with E-state index in [9.17, 15) is 0 Å². The molecule has 3 heteroatoms. The van der Waals surface area contributed by atoms with Gasteiger partial charge in [-0.3, -0.25) is 0 Å². The van der Waals surface area contributed by atoms with Gasteiger partial charge < -0.3 is 15.1 Å². The largest absolute Gasteiger partial charge is 0.396 e. The van der Waals surface area contributed by atoms with Gasteiger partial charge in [0.2, 0.25) is 0 Å². The number of hydrogen-bond donors (Lipinski definition) is 2. The van der Waals surface area contributed by atoms with Gasteiger partial charge in [-0.15, -0.1) is 0 Å². The van der Waals surface area contributed by atoms with E-state index >= 15 is 0 Å². The molecule has 0 rings (SSSR count). The van der Waals surface area contributed by atoms with Crippen molar-refractivity contribution in [2.75, 3.05) is 32.8 Å². The van der Waals surface area contributed by atoms with Crippen molar-refractivity contribution in [3.05, 3.63) is 0 Å². The van der Waals surface area contributed by atoms with Gasteiger partial charge in [-0.05, 0) is 25.8 Å². The minimum Gasteiger partial charge on any atom is -0.396 e. The first-order valence-corrected chi connectivity index (χ1v) is 13.3. The zero-order chi connectivity index (χ0) is 21.3. The van der Waals surface area contributed by atoms with Crippen molar-refractivity contribution in [2.45, 2.75) is 135 Å². The van der Waals surface area contributed by atoms with Crippen LogP contribution in [0.1, 0.15) is 135 Å². The molecule has 0 saturated heterocycles. The highest BCUT2D eigenvalue weighted by atomic mass is 16.3. The summed E-state index contributed by atoms with van der Waals surface area (Å²) in [6, 6.07) is 0. The number of aliphatic hydroxyl groups excluding tert-OH is 2. The van der Waals surface area contributed by atoms with E-state index in [0.717, 1.165) is 32.5 Å². The van der Waals surface area contributed by atoms with E-state index in [2.05, 4.69) is 11.8 Å². The Bertz CT molecular complexity index is 278. The van der Waals surface area contributed by atoms with Crippen LogP contribution in [0.4, 0.5) is 0 Å². The molecule has 0 saturated carbocycles. The Kier molecular flexibility index (Phi) is 25.8. The van der Waals surface area contributed by atoms with E-state index in [4.69, 9.17) is 10.2 Å². The smallest absolute Gasteiger partial charge is 0.0443 e. The van der Waals surface area contributed by atoms with Gasteiger partial charge in [0.15, 0.2) is 0 Å². The van der Waals surface area contributed by atoms with Crippen LogP contribution in [0.3, 0.4) is 0 Å². The summed E-state index contributed by atoms with van der Waals surface area (Å²) in [7, 11) is 0. The van der Waals surface area contributed by atoms with Crippen LogP contribution in [0.15, 0.2) is 0 Å². The van der Waals surface area contributed by atoms with Crippen LogP contribution in [0.25, 0.3) is 0 Å². The molecule has 3 nitrogen and oxygen atoms in total. The Balaban J connectivity index is 3.22. The number of unbranched alkanes of at least 4 members (excludes halogenated alkanes) is 17. The van der Waals surface area contributed by atoms with Crippen molar-refractivity contribution in [3.63, 3.8) is 0 Å². The minimum absolute atomic E-state index is 0.273. The Morgan fingerprint density at radius 2 is 0.655 bits per heavy atom. The molecule has 0 bridgehead atoms. The molecule has 0 aliphatic heterocycles. The van der Waals surface area contributed by atoms with E-state index in [0.29, 0.717) is 0 Å². The Morgan fingerprint density at radius 1 is 0.379 bits per heavy atom. The van der Waals surface area contributed by atoms with E-state index in [1.807, 2.05) is 0 Å². The molecule has 0 aliphatic rings. The molecule has 0 fully saturated rings. The Hall–Kier alpha value is -0.120. The third kappa shape index (κ3) is 24.0. The maximum atomic E-state index is 8.99. The third-order valence-electron chi connectivity index (χ3n) is 6.09.